The number of hydrogen-bond donors (Lipinski definition) is 1. The number of anilines is 1. The van der Waals surface area contributed by atoms with Gasteiger partial charge in [-0.15, -0.1) is 0 Å². The SMILES string of the molecule is CCCCC1CCC(c2ccc(N)cc2)C[C@H]1C. The third-order valence-electron chi connectivity index (χ3n) is 4.68. The Morgan fingerprint density at radius 3 is 2.50 bits per heavy atom. The Hall–Kier alpha value is -0.980. The molecule has 100 valence electrons. The first-order valence-electron chi connectivity index (χ1n) is 7.56. The fourth-order valence-corrected chi connectivity index (χ4v) is 3.42. The Kier molecular flexibility index (Phi) is 4.68. The zero-order chi connectivity index (χ0) is 13.0. The third-order valence-corrected chi connectivity index (χ3v) is 4.68. The summed E-state index contributed by atoms with van der Waals surface area (Å²) in [4.78, 5) is 0. The zero-order valence-electron chi connectivity index (χ0n) is 11.9. The highest BCUT2D eigenvalue weighted by atomic mass is 14.5. The molecular weight excluding hydrogens is 218 g/mol. The van der Waals surface area contributed by atoms with Crippen molar-refractivity contribution in [1.82, 2.24) is 0 Å². The Balaban J connectivity index is 1.93. The van der Waals surface area contributed by atoms with Gasteiger partial charge < -0.3 is 5.73 Å². The lowest BCUT2D eigenvalue weighted by molar-refractivity contribution is 0.216. The van der Waals surface area contributed by atoms with Crippen LogP contribution in [0, 0.1) is 11.8 Å². The van der Waals surface area contributed by atoms with Gasteiger partial charge in [0.1, 0.15) is 0 Å². The molecule has 0 radical (unpaired) electrons. The van der Waals surface area contributed by atoms with Crippen molar-refractivity contribution in [2.75, 3.05) is 5.73 Å². The number of unbranched alkanes of at least 4 members (excludes halogenated alkanes) is 1. The summed E-state index contributed by atoms with van der Waals surface area (Å²) in [5, 5.41) is 0. The fraction of sp³-hybridized carbons (Fsp3) is 0.647. The second kappa shape index (κ2) is 6.26. The van der Waals surface area contributed by atoms with E-state index >= 15 is 0 Å². The maximum absolute atomic E-state index is 5.76. The van der Waals surface area contributed by atoms with Gasteiger partial charge in [-0.2, -0.15) is 0 Å². The summed E-state index contributed by atoms with van der Waals surface area (Å²) in [7, 11) is 0. The maximum atomic E-state index is 5.76. The molecule has 1 aliphatic carbocycles. The van der Waals surface area contributed by atoms with Gasteiger partial charge in [-0.05, 0) is 54.7 Å². The number of rotatable bonds is 4. The molecule has 1 aromatic carbocycles. The van der Waals surface area contributed by atoms with Crippen molar-refractivity contribution in [3.05, 3.63) is 29.8 Å². The molecule has 2 rings (SSSR count). The molecule has 2 unspecified atom stereocenters. The average Bonchev–Trinajstić information content (AvgIpc) is 2.38. The molecule has 1 saturated carbocycles. The molecule has 2 N–H and O–H groups in total. The van der Waals surface area contributed by atoms with Crippen LogP contribution in [0.3, 0.4) is 0 Å². The predicted molar refractivity (Wildman–Crippen MR) is 79.6 cm³/mol. The standard InChI is InChI=1S/C17H27N/c1-3-4-5-14-6-7-16(12-13(14)2)15-8-10-17(18)11-9-15/h8-11,13-14,16H,3-7,12,18H2,1-2H3/t13-,14?,16?/m1/s1. The normalized spacial score (nSPS) is 28.2. The smallest absolute Gasteiger partial charge is 0.0314 e. The fourth-order valence-electron chi connectivity index (χ4n) is 3.42. The van der Waals surface area contributed by atoms with E-state index < -0.39 is 0 Å². The molecule has 0 amide bonds. The lowest BCUT2D eigenvalue weighted by Gasteiger charge is -2.34. The molecule has 0 bridgehead atoms. The molecule has 3 atom stereocenters. The Morgan fingerprint density at radius 2 is 1.89 bits per heavy atom. The van der Waals surface area contributed by atoms with Crippen molar-refractivity contribution < 1.29 is 0 Å². The number of hydrogen-bond acceptors (Lipinski definition) is 1. The molecule has 0 saturated heterocycles. The lowest BCUT2D eigenvalue weighted by atomic mass is 9.71. The second-order valence-electron chi connectivity index (χ2n) is 6.06. The largest absolute Gasteiger partial charge is 0.399 e. The van der Waals surface area contributed by atoms with Crippen molar-refractivity contribution >= 4 is 5.69 Å². The van der Waals surface area contributed by atoms with E-state index in [-0.39, 0.29) is 0 Å². The van der Waals surface area contributed by atoms with Gasteiger partial charge in [0, 0.05) is 5.69 Å². The molecule has 0 heterocycles. The summed E-state index contributed by atoms with van der Waals surface area (Å²) in [6.45, 7) is 4.74. The maximum Gasteiger partial charge on any atom is 0.0314 e. The second-order valence-corrected chi connectivity index (χ2v) is 6.06. The van der Waals surface area contributed by atoms with Crippen LogP contribution in [0.1, 0.15) is 63.9 Å². The van der Waals surface area contributed by atoms with Crippen LogP contribution < -0.4 is 5.73 Å². The van der Waals surface area contributed by atoms with Gasteiger partial charge in [-0.1, -0.05) is 45.2 Å². The van der Waals surface area contributed by atoms with Crippen molar-refractivity contribution in [3.8, 4) is 0 Å². The topological polar surface area (TPSA) is 26.0 Å². The predicted octanol–water partition coefficient (Wildman–Crippen LogP) is 4.98. The van der Waals surface area contributed by atoms with Crippen LogP contribution in [0.25, 0.3) is 0 Å². The van der Waals surface area contributed by atoms with E-state index in [2.05, 4.69) is 26.0 Å². The van der Waals surface area contributed by atoms with Crippen LogP contribution in [-0.2, 0) is 0 Å². The van der Waals surface area contributed by atoms with E-state index in [0.29, 0.717) is 0 Å². The van der Waals surface area contributed by atoms with Crippen molar-refractivity contribution in [2.45, 2.75) is 58.3 Å². The molecule has 1 fully saturated rings. The van der Waals surface area contributed by atoms with Crippen molar-refractivity contribution in [3.63, 3.8) is 0 Å². The average molecular weight is 245 g/mol. The molecule has 1 aromatic rings. The first-order valence-corrected chi connectivity index (χ1v) is 7.56. The highest BCUT2D eigenvalue weighted by Crippen LogP contribution is 2.41. The number of nitrogen functional groups attached to an aromatic ring is 1. The summed E-state index contributed by atoms with van der Waals surface area (Å²) in [5.74, 6) is 2.61. The van der Waals surface area contributed by atoms with Gasteiger partial charge in [0.2, 0.25) is 0 Å². The van der Waals surface area contributed by atoms with E-state index in [1.807, 2.05) is 12.1 Å². The lowest BCUT2D eigenvalue weighted by Crippen LogP contribution is -2.21. The quantitative estimate of drug-likeness (QED) is 0.744. The first kappa shape index (κ1) is 13.5. The molecule has 1 aliphatic rings. The van der Waals surface area contributed by atoms with Gasteiger partial charge >= 0.3 is 0 Å². The highest BCUT2D eigenvalue weighted by Gasteiger charge is 2.27. The minimum absolute atomic E-state index is 0.762. The Labute approximate surface area is 112 Å². The minimum Gasteiger partial charge on any atom is -0.399 e. The van der Waals surface area contributed by atoms with E-state index in [1.54, 1.807) is 0 Å². The molecule has 0 spiro atoms. The van der Waals surface area contributed by atoms with E-state index in [1.165, 1.54) is 44.1 Å². The Morgan fingerprint density at radius 1 is 1.17 bits per heavy atom. The number of benzene rings is 1. The van der Waals surface area contributed by atoms with Crippen LogP contribution in [-0.4, -0.2) is 0 Å². The van der Waals surface area contributed by atoms with Crippen LogP contribution in [0.15, 0.2) is 24.3 Å². The van der Waals surface area contributed by atoms with Crippen LogP contribution in [0.4, 0.5) is 5.69 Å². The van der Waals surface area contributed by atoms with Crippen LogP contribution in [0.2, 0.25) is 0 Å². The van der Waals surface area contributed by atoms with Gasteiger partial charge in [-0.3, -0.25) is 0 Å². The van der Waals surface area contributed by atoms with Gasteiger partial charge in [-0.25, -0.2) is 0 Å². The molecular formula is C17H27N. The van der Waals surface area contributed by atoms with Gasteiger partial charge in [0.05, 0.1) is 0 Å². The zero-order valence-corrected chi connectivity index (χ0v) is 11.9. The number of nitrogens with two attached hydrogens (primary N) is 1. The molecule has 0 aromatic heterocycles. The summed E-state index contributed by atoms with van der Waals surface area (Å²) >= 11 is 0. The highest BCUT2D eigenvalue weighted by molar-refractivity contribution is 5.40. The van der Waals surface area contributed by atoms with E-state index in [4.69, 9.17) is 5.73 Å². The van der Waals surface area contributed by atoms with Gasteiger partial charge in [0.25, 0.3) is 0 Å². The molecule has 18 heavy (non-hydrogen) atoms. The summed E-state index contributed by atoms with van der Waals surface area (Å²) in [5.41, 5.74) is 8.13. The summed E-state index contributed by atoms with van der Waals surface area (Å²) in [6, 6.07) is 8.53. The Bertz CT molecular complexity index is 354. The minimum atomic E-state index is 0.762. The molecule has 1 nitrogen and oxygen atoms in total. The molecule has 0 aliphatic heterocycles. The van der Waals surface area contributed by atoms with Gasteiger partial charge in [0.15, 0.2) is 0 Å². The molecule has 1 heteroatoms. The summed E-state index contributed by atoms with van der Waals surface area (Å²) < 4.78 is 0. The monoisotopic (exact) mass is 245 g/mol. The third kappa shape index (κ3) is 3.28. The van der Waals surface area contributed by atoms with Crippen molar-refractivity contribution in [1.29, 1.82) is 0 Å². The van der Waals surface area contributed by atoms with Crippen LogP contribution >= 0.6 is 0 Å². The van der Waals surface area contributed by atoms with E-state index in [9.17, 15) is 0 Å². The van der Waals surface area contributed by atoms with Crippen molar-refractivity contribution in [2.24, 2.45) is 11.8 Å². The van der Waals surface area contributed by atoms with Crippen LogP contribution in [0.5, 0.6) is 0 Å². The summed E-state index contributed by atoms with van der Waals surface area (Å²) in [6.07, 6.45) is 8.31. The first-order chi connectivity index (χ1) is 8.70. The van der Waals surface area contributed by atoms with E-state index in [0.717, 1.165) is 23.4 Å².